The largest absolute Gasteiger partial charge is 0.301 e. The third-order valence-electron chi connectivity index (χ3n) is 4.52. The monoisotopic (exact) mass is 284 g/mol. The molecule has 0 bridgehead atoms. The van der Waals surface area contributed by atoms with Crippen molar-refractivity contribution in [3.63, 3.8) is 0 Å². The fourth-order valence-corrected chi connectivity index (χ4v) is 3.12. The summed E-state index contributed by atoms with van der Waals surface area (Å²) in [6.45, 7) is 6.97. The van der Waals surface area contributed by atoms with Crippen LogP contribution in [0.5, 0.6) is 0 Å². The van der Waals surface area contributed by atoms with Crippen molar-refractivity contribution in [1.82, 2.24) is 19.7 Å². The van der Waals surface area contributed by atoms with Gasteiger partial charge in [0.05, 0.1) is 11.9 Å². The normalized spacial score (nSPS) is 17.5. The van der Waals surface area contributed by atoms with Crippen molar-refractivity contribution in [2.75, 3.05) is 13.1 Å². The lowest BCUT2D eigenvalue weighted by atomic mass is 9.90. The van der Waals surface area contributed by atoms with Crippen molar-refractivity contribution in [2.45, 2.75) is 38.6 Å². The first-order chi connectivity index (χ1) is 10.1. The second-order valence-electron chi connectivity index (χ2n) is 6.28. The van der Waals surface area contributed by atoms with Crippen LogP contribution >= 0.6 is 0 Å². The van der Waals surface area contributed by atoms with Gasteiger partial charge in [-0.2, -0.15) is 5.10 Å². The Morgan fingerprint density at radius 1 is 1.14 bits per heavy atom. The molecule has 0 spiro atoms. The van der Waals surface area contributed by atoms with Crippen LogP contribution in [0.3, 0.4) is 0 Å². The summed E-state index contributed by atoms with van der Waals surface area (Å²) in [4.78, 5) is 7.19. The Labute approximate surface area is 126 Å². The summed E-state index contributed by atoms with van der Waals surface area (Å²) in [5.74, 6) is 0.662. The minimum Gasteiger partial charge on any atom is -0.301 e. The summed E-state index contributed by atoms with van der Waals surface area (Å²) >= 11 is 0. The molecule has 0 saturated carbocycles. The van der Waals surface area contributed by atoms with Gasteiger partial charge in [-0.3, -0.25) is 9.67 Å². The van der Waals surface area contributed by atoms with Gasteiger partial charge < -0.3 is 4.90 Å². The molecule has 1 saturated heterocycles. The summed E-state index contributed by atoms with van der Waals surface area (Å²) in [5.41, 5.74) is 3.47. The molecule has 3 rings (SSSR count). The zero-order chi connectivity index (χ0) is 14.8. The molecule has 21 heavy (non-hydrogen) atoms. The molecular formula is C17H24N4. The van der Waals surface area contributed by atoms with Crippen LogP contribution in [0.1, 0.15) is 38.2 Å². The van der Waals surface area contributed by atoms with Crippen molar-refractivity contribution in [1.29, 1.82) is 0 Å². The van der Waals surface area contributed by atoms with Gasteiger partial charge in [-0.1, -0.05) is 6.07 Å². The van der Waals surface area contributed by atoms with Crippen LogP contribution in [0, 0.1) is 0 Å². The molecule has 0 N–H and O–H groups in total. The Balaban J connectivity index is 1.68. The molecule has 0 aromatic carbocycles. The number of aromatic nitrogens is 3. The molecule has 0 amide bonds. The van der Waals surface area contributed by atoms with Crippen LogP contribution in [0.4, 0.5) is 0 Å². The highest BCUT2D eigenvalue weighted by Gasteiger charge is 2.22. The van der Waals surface area contributed by atoms with E-state index in [1.54, 1.807) is 0 Å². The van der Waals surface area contributed by atoms with Crippen molar-refractivity contribution in [3.8, 4) is 11.3 Å². The maximum Gasteiger partial charge on any atom is 0.0733 e. The third kappa shape index (κ3) is 3.16. The number of likely N-dealkylation sites (tertiary alicyclic amines) is 1. The summed E-state index contributed by atoms with van der Waals surface area (Å²) in [6.07, 6.45) is 8.41. The fraction of sp³-hybridized carbons (Fsp3) is 0.529. The minimum atomic E-state index is 0.662. The molecule has 2 aromatic rings. The van der Waals surface area contributed by atoms with Crippen molar-refractivity contribution in [2.24, 2.45) is 7.05 Å². The Bertz CT molecular complexity index is 577. The van der Waals surface area contributed by atoms with Gasteiger partial charge in [0, 0.05) is 31.0 Å². The Morgan fingerprint density at radius 3 is 2.43 bits per heavy atom. The lowest BCUT2D eigenvalue weighted by molar-refractivity contribution is 0.172. The van der Waals surface area contributed by atoms with E-state index >= 15 is 0 Å². The van der Waals surface area contributed by atoms with Gasteiger partial charge in [0.1, 0.15) is 0 Å². The second kappa shape index (κ2) is 5.98. The summed E-state index contributed by atoms with van der Waals surface area (Å²) in [7, 11) is 1.93. The zero-order valence-electron chi connectivity index (χ0n) is 13.2. The number of hydrogen-bond acceptors (Lipinski definition) is 3. The quantitative estimate of drug-likeness (QED) is 0.868. The number of hydrogen-bond donors (Lipinski definition) is 0. The molecule has 0 atom stereocenters. The highest BCUT2D eigenvalue weighted by molar-refractivity contribution is 5.56. The molecule has 1 fully saturated rings. The van der Waals surface area contributed by atoms with Crippen LogP contribution < -0.4 is 0 Å². The molecule has 0 unspecified atom stereocenters. The zero-order valence-corrected chi connectivity index (χ0v) is 13.2. The Morgan fingerprint density at radius 2 is 1.90 bits per heavy atom. The Kier molecular flexibility index (Phi) is 4.06. The van der Waals surface area contributed by atoms with Gasteiger partial charge >= 0.3 is 0 Å². The van der Waals surface area contributed by atoms with Crippen molar-refractivity contribution in [3.05, 3.63) is 36.3 Å². The van der Waals surface area contributed by atoms with Crippen LogP contribution in [-0.4, -0.2) is 38.8 Å². The molecule has 0 radical (unpaired) electrons. The van der Waals surface area contributed by atoms with E-state index in [9.17, 15) is 0 Å². The minimum absolute atomic E-state index is 0.662. The molecule has 0 aliphatic carbocycles. The maximum atomic E-state index is 4.62. The first-order valence-electron chi connectivity index (χ1n) is 7.82. The van der Waals surface area contributed by atoms with Crippen molar-refractivity contribution < 1.29 is 0 Å². The number of pyridine rings is 1. The molecular weight excluding hydrogens is 260 g/mol. The van der Waals surface area contributed by atoms with Gasteiger partial charge in [0.2, 0.25) is 0 Å². The molecule has 4 nitrogen and oxygen atoms in total. The van der Waals surface area contributed by atoms with E-state index in [1.807, 2.05) is 24.1 Å². The van der Waals surface area contributed by atoms with Gasteiger partial charge in [0.25, 0.3) is 0 Å². The van der Waals surface area contributed by atoms with E-state index < -0.39 is 0 Å². The van der Waals surface area contributed by atoms with E-state index in [2.05, 4.69) is 47.2 Å². The van der Waals surface area contributed by atoms with Gasteiger partial charge in [-0.15, -0.1) is 0 Å². The lowest BCUT2D eigenvalue weighted by Crippen LogP contribution is -2.37. The highest BCUT2D eigenvalue weighted by Crippen LogP contribution is 2.29. The topological polar surface area (TPSA) is 34.0 Å². The van der Waals surface area contributed by atoms with Gasteiger partial charge in [-0.05, 0) is 57.3 Å². The average molecular weight is 284 g/mol. The molecule has 112 valence electrons. The van der Waals surface area contributed by atoms with Gasteiger partial charge in [-0.25, -0.2) is 0 Å². The van der Waals surface area contributed by atoms with Crippen LogP contribution in [0.2, 0.25) is 0 Å². The third-order valence-corrected chi connectivity index (χ3v) is 4.52. The maximum absolute atomic E-state index is 4.62. The summed E-state index contributed by atoms with van der Waals surface area (Å²) in [6, 6.07) is 5.03. The molecule has 2 aromatic heterocycles. The standard InChI is InChI=1S/C17H24N4/c1-13(2)21-8-6-14(7-9-21)15-4-5-17(18-10-15)16-11-19-20(3)12-16/h4-5,10-14H,6-9H2,1-3H3. The summed E-state index contributed by atoms with van der Waals surface area (Å²) < 4.78 is 1.81. The van der Waals surface area contributed by atoms with E-state index in [1.165, 1.54) is 31.5 Å². The lowest BCUT2D eigenvalue weighted by Gasteiger charge is -2.34. The molecule has 3 heterocycles. The average Bonchev–Trinajstić information content (AvgIpc) is 2.94. The first-order valence-corrected chi connectivity index (χ1v) is 7.82. The van der Waals surface area contributed by atoms with E-state index in [0.717, 1.165) is 11.3 Å². The van der Waals surface area contributed by atoms with Crippen LogP contribution in [0.15, 0.2) is 30.7 Å². The predicted octanol–water partition coefficient (Wildman–Crippen LogP) is 3.07. The second-order valence-corrected chi connectivity index (χ2v) is 6.28. The predicted molar refractivity (Wildman–Crippen MR) is 85.1 cm³/mol. The van der Waals surface area contributed by atoms with E-state index in [0.29, 0.717) is 12.0 Å². The highest BCUT2D eigenvalue weighted by atomic mass is 15.2. The summed E-state index contributed by atoms with van der Waals surface area (Å²) in [5, 5.41) is 4.20. The van der Waals surface area contributed by atoms with Crippen LogP contribution in [0.25, 0.3) is 11.3 Å². The molecule has 4 heteroatoms. The number of nitrogens with zero attached hydrogens (tertiary/aromatic N) is 4. The van der Waals surface area contributed by atoms with Gasteiger partial charge in [0.15, 0.2) is 0 Å². The van der Waals surface area contributed by atoms with E-state index in [4.69, 9.17) is 0 Å². The molecule has 1 aliphatic heterocycles. The van der Waals surface area contributed by atoms with E-state index in [-0.39, 0.29) is 0 Å². The number of rotatable bonds is 3. The van der Waals surface area contributed by atoms with Crippen LogP contribution in [-0.2, 0) is 7.05 Å². The fourth-order valence-electron chi connectivity index (χ4n) is 3.12. The molecule has 1 aliphatic rings. The number of aryl methyl sites for hydroxylation is 1. The first kappa shape index (κ1) is 14.3. The smallest absolute Gasteiger partial charge is 0.0733 e. The number of piperidine rings is 1. The van der Waals surface area contributed by atoms with Crippen molar-refractivity contribution >= 4 is 0 Å². The SMILES string of the molecule is CC(C)N1CCC(c2ccc(-c3cnn(C)c3)nc2)CC1. The Hall–Kier alpha value is -1.68.